The Kier molecular flexibility index (Phi) is 8.50. The van der Waals surface area contributed by atoms with Crippen molar-refractivity contribution in [3.63, 3.8) is 0 Å². The number of nitrogens with one attached hydrogen (secondary N) is 2. The Bertz CT molecular complexity index is 1040. The Hall–Kier alpha value is -2.83. The predicted molar refractivity (Wildman–Crippen MR) is 131 cm³/mol. The number of carbonyl (C=O) groups is 1. The molecule has 0 aliphatic heterocycles. The standard InChI is InChI=1S/C25H29N3O2S/c1-19(26-2)24(29)27-22-13-14-23(21-11-7-4-8-12-21)28(25(22)30)16-18-31-17-15-20-9-5-3-6-10-20/h3-14,19,26H,15-18H2,1-2H3,(H,27,29)/t19-/m0/s1. The van der Waals surface area contributed by atoms with Gasteiger partial charge < -0.3 is 15.2 Å². The van der Waals surface area contributed by atoms with Gasteiger partial charge in [0.15, 0.2) is 0 Å². The number of anilines is 1. The number of hydrogen-bond acceptors (Lipinski definition) is 4. The Morgan fingerprint density at radius 1 is 0.968 bits per heavy atom. The summed E-state index contributed by atoms with van der Waals surface area (Å²) in [6.45, 7) is 2.34. The van der Waals surface area contributed by atoms with Crippen LogP contribution in [0.15, 0.2) is 77.6 Å². The van der Waals surface area contributed by atoms with Gasteiger partial charge in [0.1, 0.15) is 5.69 Å². The number of aryl methyl sites for hydroxylation is 1. The van der Waals surface area contributed by atoms with Gasteiger partial charge >= 0.3 is 0 Å². The van der Waals surface area contributed by atoms with Gasteiger partial charge in [-0.2, -0.15) is 11.8 Å². The van der Waals surface area contributed by atoms with Gasteiger partial charge in [-0.1, -0.05) is 60.7 Å². The average Bonchev–Trinajstić information content (AvgIpc) is 2.81. The number of nitrogens with zero attached hydrogens (tertiary/aromatic N) is 1. The summed E-state index contributed by atoms with van der Waals surface area (Å²) in [4.78, 5) is 25.5. The second kappa shape index (κ2) is 11.5. The van der Waals surface area contributed by atoms with Gasteiger partial charge in [-0.15, -0.1) is 0 Å². The Balaban J connectivity index is 1.75. The van der Waals surface area contributed by atoms with E-state index in [0.717, 1.165) is 29.2 Å². The molecule has 31 heavy (non-hydrogen) atoms. The van der Waals surface area contributed by atoms with Crippen molar-refractivity contribution in [1.82, 2.24) is 9.88 Å². The minimum absolute atomic E-state index is 0.179. The lowest BCUT2D eigenvalue weighted by atomic mass is 10.1. The molecule has 0 fully saturated rings. The lowest BCUT2D eigenvalue weighted by Gasteiger charge is -2.16. The third kappa shape index (κ3) is 6.32. The van der Waals surface area contributed by atoms with E-state index in [-0.39, 0.29) is 17.5 Å². The van der Waals surface area contributed by atoms with Crippen molar-refractivity contribution < 1.29 is 4.79 Å². The van der Waals surface area contributed by atoms with Crippen LogP contribution in [-0.2, 0) is 17.8 Å². The molecule has 0 aliphatic carbocycles. The highest BCUT2D eigenvalue weighted by Crippen LogP contribution is 2.20. The highest BCUT2D eigenvalue weighted by molar-refractivity contribution is 7.99. The van der Waals surface area contributed by atoms with E-state index in [9.17, 15) is 9.59 Å². The van der Waals surface area contributed by atoms with Crippen LogP contribution in [0.5, 0.6) is 0 Å². The SMILES string of the molecule is CN[C@@H](C)C(=O)Nc1ccc(-c2ccccc2)n(CCSCCc2ccccc2)c1=O. The highest BCUT2D eigenvalue weighted by atomic mass is 32.2. The molecule has 162 valence electrons. The number of aromatic nitrogens is 1. The van der Waals surface area contributed by atoms with Gasteiger partial charge in [-0.3, -0.25) is 9.59 Å². The van der Waals surface area contributed by atoms with Crippen molar-refractivity contribution in [2.24, 2.45) is 0 Å². The zero-order valence-electron chi connectivity index (χ0n) is 18.0. The number of amides is 1. The van der Waals surface area contributed by atoms with Crippen LogP contribution in [0.3, 0.4) is 0 Å². The normalized spacial score (nSPS) is 11.8. The van der Waals surface area contributed by atoms with Crippen molar-refractivity contribution in [3.05, 3.63) is 88.7 Å². The number of hydrogen-bond donors (Lipinski definition) is 2. The maximum atomic E-state index is 13.2. The van der Waals surface area contributed by atoms with Crippen molar-refractivity contribution >= 4 is 23.4 Å². The molecular weight excluding hydrogens is 406 g/mol. The highest BCUT2D eigenvalue weighted by Gasteiger charge is 2.15. The molecule has 0 spiro atoms. The maximum Gasteiger partial charge on any atom is 0.274 e. The first-order valence-corrected chi connectivity index (χ1v) is 11.6. The van der Waals surface area contributed by atoms with Crippen LogP contribution in [0.2, 0.25) is 0 Å². The molecule has 0 radical (unpaired) electrons. The molecular formula is C25H29N3O2S. The van der Waals surface area contributed by atoms with E-state index in [1.54, 1.807) is 24.6 Å². The van der Waals surface area contributed by atoms with E-state index in [0.29, 0.717) is 12.2 Å². The molecule has 0 bridgehead atoms. The molecule has 6 heteroatoms. The number of likely N-dealkylation sites (N-methyl/N-ethyl adjacent to an activating group) is 1. The quantitative estimate of drug-likeness (QED) is 0.472. The topological polar surface area (TPSA) is 63.1 Å². The summed E-state index contributed by atoms with van der Waals surface area (Å²) >= 11 is 1.83. The summed E-state index contributed by atoms with van der Waals surface area (Å²) in [5, 5.41) is 5.66. The van der Waals surface area contributed by atoms with Crippen molar-refractivity contribution in [3.8, 4) is 11.3 Å². The lowest BCUT2D eigenvalue weighted by Crippen LogP contribution is -2.37. The summed E-state index contributed by atoms with van der Waals surface area (Å²) in [7, 11) is 1.72. The zero-order chi connectivity index (χ0) is 22.1. The van der Waals surface area contributed by atoms with Crippen LogP contribution in [0.4, 0.5) is 5.69 Å². The van der Waals surface area contributed by atoms with Crippen LogP contribution < -0.4 is 16.2 Å². The van der Waals surface area contributed by atoms with Gasteiger partial charge in [-0.05, 0) is 49.4 Å². The molecule has 1 atom stereocenters. The molecule has 3 rings (SSSR count). The molecule has 5 nitrogen and oxygen atoms in total. The Labute approximate surface area is 187 Å². The monoisotopic (exact) mass is 435 g/mol. The van der Waals surface area contributed by atoms with Crippen molar-refractivity contribution in [2.75, 3.05) is 23.9 Å². The van der Waals surface area contributed by atoms with Crippen LogP contribution in [0.25, 0.3) is 11.3 Å². The molecule has 2 N–H and O–H groups in total. The van der Waals surface area contributed by atoms with E-state index in [2.05, 4.69) is 34.9 Å². The minimum Gasteiger partial charge on any atom is -0.320 e. The number of benzene rings is 2. The molecule has 0 saturated carbocycles. The van der Waals surface area contributed by atoms with E-state index in [4.69, 9.17) is 0 Å². The van der Waals surface area contributed by atoms with Gasteiger partial charge in [0, 0.05) is 12.3 Å². The van der Waals surface area contributed by atoms with Gasteiger partial charge in [0.2, 0.25) is 5.91 Å². The molecule has 0 unspecified atom stereocenters. The maximum absolute atomic E-state index is 13.2. The number of carbonyl (C=O) groups excluding carboxylic acids is 1. The van der Waals surface area contributed by atoms with E-state index in [1.807, 2.05) is 54.2 Å². The summed E-state index contributed by atoms with van der Waals surface area (Å²) in [6.07, 6.45) is 1.00. The first-order valence-electron chi connectivity index (χ1n) is 10.5. The van der Waals surface area contributed by atoms with Crippen molar-refractivity contribution in [1.29, 1.82) is 0 Å². The van der Waals surface area contributed by atoms with E-state index in [1.165, 1.54) is 5.56 Å². The molecule has 0 saturated heterocycles. The average molecular weight is 436 g/mol. The third-order valence-corrected chi connectivity index (χ3v) is 6.13. The number of rotatable bonds is 10. The Morgan fingerprint density at radius 2 is 1.65 bits per heavy atom. The molecule has 0 aliphatic rings. The third-order valence-electron chi connectivity index (χ3n) is 5.17. The first kappa shape index (κ1) is 22.8. The smallest absolute Gasteiger partial charge is 0.274 e. The Morgan fingerprint density at radius 3 is 2.32 bits per heavy atom. The second-order valence-corrected chi connectivity index (χ2v) is 8.53. The molecule has 2 aromatic carbocycles. The number of thioether (sulfide) groups is 1. The fraction of sp³-hybridized carbons (Fsp3) is 0.280. The predicted octanol–water partition coefficient (Wildman–Crippen LogP) is 4.04. The fourth-order valence-corrected chi connectivity index (χ4v) is 4.12. The second-order valence-electron chi connectivity index (χ2n) is 7.30. The first-order chi connectivity index (χ1) is 15.1. The molecule has 1 aromatic heterocycles. The lowest BCUT2D eigenvalue weighted by molar-refractivity contribution is -0.117. The summed E-state index contributed by atoms with van der Waals surface area (Å²) < 4.78 is 1.77. The van der Waals surface area contributed by atoms with Crippen LogP contribution >= 0.6 is 11.8 Å². The molecule has 3 aromatic rings. The summed E-state index contributed by atoms with van der Waals surface area (Å²) in [5.41, 5.74) is 3.28. The van der Waals surface area contributed by atoms with Gasteiger partial charge in [-0.25, -0.2) is 0 Å². The number of pyridine rings is 1. The summed E-state index contributed by atoms with van der Waals surface area (Å²) in [6, 6.07) is 23.5. The van der Waals surface area contributed by atoms with Crippen LogP contribution in [0.1, 0.15) is 12.5 Å². The van der Waals surface area contributed by atoms with Gasteiger partial charge in [0.05, 0.1) is 11.7 Å². The summed E-state index contributed by atoms with van der Waals surface area (Å²) in [5.74, 6) is 1.59. The zero-order valence-corrected chi connectivity index (χ0v) is 18.8. The largest absolute Gasteiger partial charge is 0.320 e. The van der Waals surface area contributed by atoms with Crippen LogP contribution in [0, 0.1) is 0 Å². The van der Waals surface area contributed by atoms with Crippen molar-refractivity contribution in [2.45, 2.75) is 25.9 Å². The minimum atomic E-state index is -0.379. The molecule has 1 heterocycles. The van der Waals surface area contributed by atoms with E-state index < -0.39 is 0 Å². The van der Waals surface area contributed by atoms with E-state index >= 15 is 0 Å². The fourth-order valence-electron chi connectivity index (χ4n) is 3.22. The van der Waals surface area contributed by atoms with Gasteiger partial charge in [0.25, 0.3) is 5.56 Å². The molecule has 1 amide bonds. The van der Waals surface area contributed by atoms with Crippen LogP contribution in [-0.4, -0.2) is 35.1 Å².